The van der Waals surface area contributed by atoms with Gasteiger partial charge in [-0.2, -0.15) is 5.26 Å². The second-order valence-corrected chi connectivity index (χ2v) is 9.90. The Morgan fingerprint density at radius 1 is 1.21 bits per heavy atom. The van der Waals surface area contributed by atoms with Gasteiger partial charge in [-0.15, -0.1) is 17.0 Å². The van der Waals surface area contributed by atoms with E-state index in [1.807, 2.05) is 33.8 Å². The molecule has 0 saturated heterocycles. The van der Waals surface area contributed by atoms with Crippen LogP contribution in [-0.2, 0) is 12.0 Å². The number of Topliss-reactive ketones (excluding diaryl/α,β-unsaturated/α-hetero) is 1. The van der Waals surface area contributed by atoms with Crippen LogP contribution in [0.1, 0.15) is 78.2 Å². The Morgan fingerprint density at radius 2 is 1.92 bits per heavy atom. The number of carbonyl (C=O) groups excluding carboxylic acids is 2. The summed E-state index contributed by atoms with van der Waals surface area (Å²) in [6.45, 7) is 8.80. The lowest BCUT2D eigenvalue weighted by molar-refractivity contribution is 0.0949. The van der Waals surface area contributed by atoms with E-state index >= 15 is 0 Å². The number of carbonyl (C=O) groups is 2. The topological polar surface area (TPSA) is 138 Å². The number of ketones is 1. The Balaban J connectivity index is 0.00000533. The van der Waals surface area contributed by atoms with E-state index < -0.39 is 5.91 Å². The second-order valence-electron chi connectivity index (χ2n) is 9.90. The van der Waals surface area contributed by atoms with E-state index in [1.54, 1.807) is 24.1 Å². The first-order valence-electron chi connectivity index (χ1n) is 12.5. The van der Waals surface area contributed by atoms with Crippen molar-refractivity contribution in [2.45, 2.75) is 52.5 Å². The zero-order valence-electron chi connectivity index (χ0n) is 23.3. The van der Waals surface area contributed by atoms with Crippen LogP contribution in [0.3, 0.4) is 0 Å². The molecule has 2 heterocycles. The second kappa shape index (κ2) is 13.4. The molecule has 210 valence electrons. The number of nitrogens with zero attached hydrogens (tertiary/aromatic N) is 3. The number of benzene rings is 1. The number of methoxy groups -OCH3 is 1. The zero-order chi connectivity index (χ0) is 28.0. The molecule has 0 aliphatic carbocycles. The number of unbranched alkanes of at least 4 members (excludes halogenated alkanes) is 1. The fourth-order valence-electron chi connectivity index (χ4n) is 4.21. The number of hydrogen-bond acceptors (Lipinski definition) is 8. The van der Waals surface area contributed by atoms with Crippen LogP contribution in [0, 0.1) is 16.7 Å². The van der Waals surface area contributed by atoms with Crippen molar-refractivity contribution in [3.63, 3.8) is 0 Å². The maximum Gasteiger partial charge on any atom is 0.273 e. The van der Waals surface area contributed by atoms with Gasteiger partial charge in [0, 0.05) is 36.7 Å². The van der Waals surface area contributed by atoms with Crippen molar-refractivity contribution in [1.29, 1.82) is 10.7 Å². The Kier molecular flexibility index (Phi) is 10.9. The average Bonchev–Trinajstić information content (AvgIpc) is 3.18. The Bertz CT molecular complexity index is 1280. The molecule has 0 bridgehead atoms. The van der Waals surface area contributed by atoms with Crippen molar-refractivity contribution >= 4 is 34.5 Å². The standard InChI is InChI=1S/C28H35N5O5.BrH/c1-7-37-21-14-18-15-33(26(30)23(18)32-24(21)27(35)31-5)16-20(34)17-12-19(28(2,3)4)25(36-6)22(13-17)38-11-9-8-10-29;/h12-14,30H,7-9,11,15-16H2,1-6H3,(H,31,35);1H. The smallest absolute Gasteiger partial charge is 0.273 e. The quantitative estimate of drug-likeness (QED) is 0.285. The number of amidine groups is 1. The van der Waals surface area contributed by atoms with Crippen LogP contribution in [0.4, 0.5) is 0 Å². The van der Waals surface area contributed by atoms with E-state index in [0.29, 0.717) is 66.7 Å². The van der Waals surface area contributed by atoms with Gasteiger partial charge in [-0.25, -0.2) is 4.98 Å². The summed E-state index contributed by atoms with van der Waals surface area (Å²) in [7, 11) is 3.07. The normalized spacial score (nSPS) is 12.2. The van der Waals surface area contributed by atoms with Crippen LogP contribution in [0.2, 0.25) is 0 Å². The molecule has 0 fully saturated rings. The number of ether oxygens (including phenoxy) is 3. The molecule has 1 aliphatic rings. The molecule has 3 rings (SSSR count). The molecule has 0 radical (unpaired) electrons. The number of amides is 1. The summed E-state index contributed by atoms with van der Waals surface area (Å²) in [5.74, 6) is 0.803. The van der Waals surface area contributed by atoms with Crippen molar-refractivity contribution in [3.05, 3.63) is 46.3 Å². The number of hydrogen-bond donors (Lipinski definition) is 2. The Labute approximate surface area is 239 Å². The molecule has 39 heavy (non-hydrogen) atoms. The molecule has 2 N–H and O–H groups in total. The third kappa shape index (κ3) is 7.06. The SMILES string of the molecule is Br.CCOc1cc2c(nc1C(=O)NC)C(=N)N(CC(=O)c1cc(OCCCC#N)c(OC)c(C(C)(C)C)c1)C2. The van der Waals surface area contributed by atoms with E-state index in [2.05, 4.69) is 16.4 Å². The van der Waals surface area contributed by atoms with Gasteiger partial charge in [0.1, 0.15) is 11.5 Å². The van der Waals surface area contributed by atoms with Crippen LogP contribution in [0.15, 0.2) is 18.2 Å². The Morgan fingerprint density at radius 3 is 2.51 bits per heavy atom. The van der Waals surface area contributed by atoms with E-state index in [0.717, 1.165) is 5.56 Å². The summed E-state index contributed by atoms with van der Waals surface area (Å²) < 4.78 is 17.2. The van der Waals surface area contributed by atoms with E-state index in [4.69, 9.17) is 24.9 Å². The maximum atomic E-state index is 13.5. The highest BCUT2D eigenvalue weighted by molar-refractivity contribution is 8.93. The van der Waals surface area contributed by atoms with Crippen molar-refractivity contribution in [3.8, 4) is 23.3 Å². The highest BCUT2D eigenvalue weighted by Gasteiger charge is 2.32. The minimum Gasteiger partial charge on any atom is -0.493 e. The Hall–Kier alpha value is -3.65. The van der Waals surface area contributed by atoms with Gasteiger partial charge in [-0.1, -0.05) is 20.8 Å². The lowest BCUT2D eigenvalue weighted by atomic mass is 9.84. The predicted octanol–water partition coefficient (Wildman–Crippen LogP) is 4.43. The molecule has 1 amide bonds. The van der Waals surface area contributed by atoms with E-state index in [9.17, 15) is 9.59 Å². The van der Waals surface area contributed by atoms with E-state index in [-0.39, 0.29) is 46.3 Å². The monoisotopic (exact) mass is 601 g/mol. The first-order chi connectivity index (χ1) is 18.0. The minimum absolute atomic E-state index is 0. The number of fused-ring (bicyclic) bond motifs is 1. The van der Waals surface area contributed by atoms with Crippen LogP contribution < -0.4 is 19.5 Å². The lowest BCUT2D eigenvalue weighted by Gasteiger charge is -2.25. The molecule has 10 nitrogen and oxygen atoms in total. The van der Waals surface area contributed by atoms with Crippen LogP contribution in [-0.4, -0.2) is 61.3 Å². The average molecular weight is 603 g/mol. The summed E-state index contributed by atoms with van der Waals surface area (Å²) in [5, 5.41) is 20.0. The number of nitrogens with one attached hydrogen (secondary N) is 2. The van der Waals surface area contributed by atoms with Crippen molar-refractivity contribution < 1.29 is 23.8 Å². The summed E-state index contributed by atoms with van der Waals surface area (Å²) in [4.78, 5) is 31.9. The molecule has 11 heteroatoms. The molecular weight excluding hydrogens is 566 g/mol. The summed E-state index contributed by atoms with van der Waals surface area (Å²) in [6.07, 6.45) is 0.923. The van der Waals surface area contributed by atoms with Crippen molar-refractivity contribution in [2.24, 2.45) is 0 Å². The van der Waals surface area contributed by atoms with Crippen molar-refractivity contribution in [2.75, 3.05) is 33.9 Å². The maximum absolute atomic E-state index is 13.5. The molecule has 1 aliphatic heterocycles. The molecule has 0 atom stereocenters. The van der Waals surface area contributed by atoms with Gasteiger partial charge in [-0.3, -0.25) is 15.0 Å². The van der Waals surface area contributed by atoms with E-state index in [1.165, 1.54) is 7.05 Å². The van der Waals surface area contributed by atoms with Crippen LogP contribution in [0.25, 0.3) is 0 Å². The molecular formula is C28H36BrN5O5. The van der Waals surface area contributed by atoms with Crippen molar-refractivity contribution in [1.82, 2.24) is 15.2 Å². The predicted molar refractivity (Wildman–Crippen MR) is 153 cm³/mol. The molecule has 0 spiro atoms. The summed E-state index contributed by atoms with van der Waals surface area (Å²) >= 11 is 0. The van der Waals surface area contributed by atoms with Crippen LogP contribution >= 0.6 is 17.0 Å². The number of aromatic nitrogens is 1. The van der Waals surface area contributed by atoms with Gasteiger partial charge >= 0.3 is 0 Å². The fraction of sp³-hybridized carbons (Fsp3) is 0.464. The number of halogens is 1. The largest absolute Gasteiger partial charge is 0.493 e. The molecule has 0 unspecified atom stereocenters. The molecule has 2 aromatic rings. The highest BCUT2D eigenvalue weighted by atomic mass is 79.9. The first-order valence-corrected chi connectivity index (χ1v) is 12.5. The number of pyridine rings is 1. The van der Waals surface area contributed by atoms with Gasteiger partial charge < -0.3 is 24.4 Å². The van der Waals surface area contributed by atoms with Gasteiger partial charge in [0.15, 0.2) is 28.7 Å². The minimum atomic E-state index is -0.409. The molecule has 1 aromatic heterocycles. The zero-order valence-corrected chi connectivity index (χ0v) is 25.0. The van der Waals surface area contributed by atoms with Gasteiger partial charge in [0.05, 0.1) is 32.9 Å². The number of rotatable bonds is 11. The first kappa shape index (κ1) is 31.6. The lowest BCUT2D eigenvalue weighted by Crippen LogP contribution is -2.31. The molecule has 1 aromatic carbocycles. The molecule has 0 saturated carbocycles. The fourth-order valence-corrected chi connectivity index (χ4v) is 4.21. The van der Waals surface area contributed by atoms with Gasteiger partial charge in [0.25, 0.3) is 5.91 Å². The third-order valence-electron chi connectivity index (χ3n) is 6.12. The van der Waals surface area contributed by atoms with Crippen LogP contribution in [0.5, 0.6) is 17.2 Å². The summed E-state index contributed by atoms with van der Waals surface area (Å²) in [6, 6.07) is 7.28. The highest BCUT2D eigenvalue weighted by Crippen LogP contribution is 2.40. The summed E-state index contributed by atoms with van der Waals surface area (Å²) in [5.41, 5.74) is 2.09. The van der Waals surface area contributed by atoms with Gasteiger partial charge in [0.2, 0.25) is 0 Å². The number of nitriles is 1. The van der Waals surface area contributed by atoms with Gasteiger partial charge in [-0.05, 0) is 37.0 Å². The third-order valence-corrected chi connectivity index (χ3v) is 6.12.